The smallest absolute Gasteiger partial charge is 0.249 e. The fraction of sp³-hybridized carbons (Fsp3) is 0.300. The van der Waals surface area contributed by atoms with Crippen molar-refractivity contribution in [3.05, 3.63) is 53.6 Å². The average Bonchev–Trinajstić information content (AvgIpc) is 2.72. The first-order valence-electron chi connectivity index (χ1n) is 8.77. The SMILES string of the molecule is COc1cc(OC)c(C2=CCN(S(=O)(=O)c3c(F)cccc3F)CC2)c(OC)c1. The minimum absolute atomic E-state index is 0.0379. The lowest BCUT2D eigenvalue weighted by molar-refractivity contribution is 0.372. The molecule has 29 heavy (non-hydrogen) atoms. The number of nitrogens with zero attached hydrogens (tertiary/aromatic N) is 1. The first-order valence-corrected chi connectivity index (χ1v) is 10.2. The zero-order chi connectivity index (χ0) is 21.2. The standard InChI is InChI=1S/C20H21F2NO5S/c1-26-14-11-17(27-2)19(18(12-14)28-3)13-7-9-23(10-8-13)29(24,25)20-15(21)5-4-6-16(20)22/h4-7,11-12H,8-10H2,1-3H3. The van der Waals surface area contributed by atoms with Gasteiger partial charge in [-0.05, 0) is 24.1 Å². The Kier molecular flexibility index (Phi) is 6.09. The summed E-state index contributed by atoms with van der Waals surface area (Å²) >= 11 is 0. The van der Waals surface area contributed by atoms with Crippen LogP contribution in [0.15, 0.2) is 41.3 Å². The van der Waals surface area contributed by atoms with Crippen molar-refractivity contribution in [2.24, 2.45) is 0 Å². The minimum Gasteiger partial charge on any atom is -0.496 e. The Bertz CT molecular complexity index is 1010. The molecule has 0 unspecified atom stereocenters. The van der Waals surface area contributed by atoms with E-state index in [0.717, 1.165) is 28.1 Å². The molecule has 0 saturated carbocycles. The summed E-state index contributed by atoms with van der Waals surface area (Å²) in [7, 11) is 0.237. The van der Waals surface area contributed by atoms with E-state index in [1.165, 1.54) is 21.3 Å². The lowest BCUT2D eigenvalue weighted by Crippen LogP contribution is -2.35. The molecule has 3 rings (SSSR count). The van der Waals surface area contributed by atoms with Crippen molar-refractivity contribution in [2.75, 3.05) is 34.4 Å². The molecule has 0 aromatic heterocycles. The Labute approximate surface area is 168 Å². The Morgan fingerprint density at radius 2 is 1.55 bits per heavy atom. The number of rotatable bonds is 6. The summed E-state index contributed by atoms with van der Waals surface area (Å²) < 4.78 is 70.7. The van der Waals surface area contributed by atoms with E-state index in [4.69, 9.17) is 14.2 Å². The van der Waals surface area contributed by atoms with Crippen molar-refractivity contribution < 1.29 is 31.4 Å². The first kappa shape index (κ1) is 21.1. The Morgan fingerprint density at radius 3 is 2.00 bits per heavy atom. The fourth-order valence-electron chi connectivity index (χ4n) is 3.28. The second-order valence-electron chi connectivity index (χ2n) is 6.30. The van der Waals surface area contributed by atoms with Crippen molar-refractivity contribution in [3.8, 4) is 17.2 Å². The van der Waals surface area contributed by atoms with Gasteiger partial charge in [0.05, 0.1) is 26.9 Å². The van der Waals surface area contributed by atoms with E-state index < -0.39 is 26.6 Å². The summed E-state index contributed by atoms with van der Waals surface area (Å²) in [4.78, 5) is -0.934. The fourth-order valence-corrected chi connectivity index (χ4v) is 4.77. The minimum atomic E-state index is -4.31. The second-order valence-corrected chi connectivity index (χ2v) is 8.17. The molecule has 2 aromatic rings. The van der Waals surface area contributed by atoms with Crippen LogP contribution in [-0.4, -0.2) is 47.1 Å². The summed E-state index contributed by atoms with van der Waals surface area (Å²) in [5.74, 6) is -0.637. The highest BCUT2D eigenvalue weighted by Crippen LogP contribution is 2.41. The molecule has 0 radical (unpaired) electrons. The van der Waals surface area contributed by atoms with E-state index in [1.54, 1.807) is 18.2 Å². The van der Waals surface area contributed by atoms with Gasteiger partial charge in [0.2, 0.25) is 10.0 Å². The number of hydrogen-bond acceptors (Lipinski definition) is 5. The Morgan fingerprint density at radius 1 is 0.966 bits per heavy atom. The normalized spacial score (nSPS) is 15.0. The van der Waals surface area contributed by atoms with Crippen LogP contribution in [0.1, 0.15) is 12.0 Å². The van der Waals surface area contributed by atoms with Crippen LogP contribution in [0.5, 0.6) is 17.2 Å². The van der Waals surface area contributed by atoms with Crippen LogP contribution in [-0.2, 0) is 10.0 Å². The lowest BCUT2D eigenvalue weighted by Gasteiger charge is -2.27. The molecule has 0 spiro atoms. The molecule has 1 aliphatic heterocycles. The third-order valence-electron chi connectivity index (χ3n) is 4.72. The van der Waals surface area contributed by atoms with Gasteiger partial charge in [0, 0.05) is 25.2 Å². The van der Waals surface area contributed by atoms with E-state index >= 15 is 0 Å². The topological polar surface area (TPSA) is 65.1 Å². The van der Waals surface area contributed by atoms with Crippen LogP contribution in [0.3, 0.4) is 0 Å². The van der Waals surface area contributed by atoms with Gasteiger partial charge in [-0.1, -0.05) is 12.1 Å². The van der Waals surface area contributed by atoms with Crippen molar-refractivity contribution in [1.82, 2.24) is 4.31 Å². The number of hydrogen-bond donors (Lipinski definition) is 0. The molecule has 0 bridgehead atoms. The van der Waals surface area contributed by atoms with E-state index in [0.29, 0.717) is 29.2 Å². The van der Waals surface area contributed by atoms with Gasteiger partial charge < -0.3 is 14.2 Å². The summed E-state index contributed by atoms with van der Waals surface area (Å²) in [5, 5.41) is 0. The molecule has 0 atom stereocenters. The van der Waals surface area contributed by atoms with Crippen LogP contribution < -0.4 is 14.2 Å². The van der Waals surface area contributed by atoms with Gasteiger partial charge in [-0.2, -0.15) is 4.31 Å². The van der Waals surface area contributed by atoms with Gasteiger partial charge in [0.15, 0.2) is 4.90 Å². The molecule has 0 amide bonds. The van der Waals surface area contributed by atoms with E-state index in [1.807, 2.05) is 0 Å². The van der Waals surface area contributed by atoms with Crippen LogP contribution >= 0.6 is 0 Å². The maximum Gasteiger partial charge on any atom is 0.249 e. The van der Waals surface area contributed by atoms with Gasteiger partial charge in [-0.15, -0.1) is 0 Å². The van der Waals surface area contributed by atoms with Crippen molar-refractivity contribution in [2.45, 2.75) is 11.3 Å². The van der Waals surface area contributed by atoms with Crippen LogP contribution in [0, 0.1) is 11.6 Å². The first-order chi connectivity index (χ1) is 13.8. The third-order valence-corrected chi connectivity index (χ3v) is 6.64. The van der Waals surface area contributed by atoms with Crippen LogP contribution in [0.25, 0.3) is 5.57 Å². The Balaban J connectivity index is 1.96. The molecular weight excluding hydrogens is 404 g/mol. The van der Waals surface area contributed by atoms with Crippen molar-refractivity contribution >= 4 is 15.6 Å². The highest BCUT2D eigenvalue weighted by atomic mass is 32.2. The molecule has 0 saturated heterocycles. The van der Waals surface area contributed by atoms with E-state index in [2.05, 4.69) is 0 Å². The monoisotopic (exact) mass is 425 g/mol. The molecule has 156 valence electrons. The zero-order valence-corrected chi connectivity index (χ0v) is 17.1. The van der Waals surface area contributed by atoms with Crippen molar-refractivity contribution in [1.29, 1.82) is 0 Å². The summed E-state index contributed by atoms with van der Waals surface area (Å²) in [6.07, 6.45) is 2.00. The molecule has 6 nitrogen and oxygen atoms in total. The van der Waals surface area contributed by atoms with Crippen molar-refractivity contribution in [3.63, 3.8) is 0 Å². The zero-order valence-electron chi connectivity index (χ0n) is 16.2. The molecule has 0 aliphatic carbocycles. The van der Waals surface area contributed by atoms with Crippen LogP contribution in [0.4, 0.5) is 8.78 Å². The summed E-state index contributed by atoms with van der Waals surface area (Å²) in [5.41, 5.74) is 1.49. The van der Waals surface area contributed by atoms with Gasteiger partial charge in [-0.3, -0.25) is 0 Å². The Hall–Kier alpha value is -2.65. The molecule has 9 heteroatoms. The summed E-state index contributed by atoms with van der Waals surface area (Å²) in [6.45, 7) is 0.0179. The van der Waals surface area contributed by atoms with Gasteiger partial charge in [-0.25, -0.2) is 17.2 Å². The number of ether oxygens (including phenoxy) is 3. The third kappa shape index (κ3) is 3.92. The van der Waals surface area contributed by atoms with E-state index in [9.17, 15) is 17.2 Å². The van der Waals surface area contributed by atoms with Gasteiger partial charge in [0.25, 0.3) is 0 Å². The maximum absolute atomic E-state index is 14.0. The molecule has 0 N–H and O–H groups in total. The molecular formula is C20H21F2NO5S. The summed E-state index contributed by atoms with van der Waals surface area (Å²) in [6, 6.07) is 6.38. The van der Waals surface area contributed by atoms with Crippen LogP contribution in [0.2, 0.25) is 0 Å². The maximum atomic E-state index is 14.0. The predicted molar refractivity (Wildman–Crippen MR) is 104 cm³/mol. The highest BCUT2D eigenvalue weighted by Gasteiger charge is 2.32. The predicted octanol–water partition coefficient (Wildman–Crippen LogP) is 3.47. The number of sulfonamides is 1. The molecule has 1 aliphatic rings. The van der Waals surface area contributed by atoms with Gasteiger partial charge in [0.1, 0.15) is 28.9 Å². The molecule has 1 heterocycles. The second kappa shape index (κ2) is 8.38. The largest absolute Gasteiger partial charge is 0.496 e. The molecule has 0 fully saturated rings. The molecule has 2 aromatic carbocycles. The number of benzene rings is 2. The average molecular weight is 425 g/mol. The highest BCUT2D eigenvalue weighted by molar-refractivity contribution is 7.89. The van der Waals surface area contributed by atoms with Gasteiger partial charge >= 0.3 is 0 Å². The number of halogens is 2. The quantitative estimate of drug-likeness (QED) is 0.709. The lowest BCUT2D eigenvalue weighted by atomic mass is 9.98. The van der Waals surface area contributed by atoms with E-state index in [-0.39, 0.29) is 13.1 Å². The number of methoxy groups -OCH3 is 3.